The average Bonchev–Trinajstić information content (AvgIpc) is 2.28. The Bertz CT molecular complexity index is 523. The number of aromatic hydroxyl groups is 1. The van der Waals surface area contributed by atoms with Crippen LogP contribution in [-0.4, -0.2) is 10.1 Å². The number of nitrogens with zero attached hydrogens (tertiary/aromatic N) is 1. The average molecular weight is 228 g/mol. The zero-order chi connectivity index (χ0) is 12.3. The van der Waals surface area contributed by atoms with Crippen molar-refractivity contribution in [3.8, 4) is 5.75 Å². The molecule has 88 valence electrons. The van der Waals surface area contributed by atoms with Crippen molar-refractivity contribution in [3.05, 3.63) is 53.3 Å². The van der Waals surface area contributed by atoms with Gasteiger partial charge in [0.25, 0.3) is 0 Å². The van der Waals surface area contributed by atoms with E-state index in [-0.39, 0.29) is 0 Å². The van der Waals surface area contributed by atoms with Crippen molar-refractivity contribution >= 4 is 5.69 Å². The molecule has 2 N–H and O–H groups in total. The number of nitrogens with one attached hydrogen (secondary N) is 1. The fourth-order valence-corrected chi connectivity index (χ4v) is 1.74. The van der Waals surface area contributed by atoms with Gasteiger partial charge in [-0.25, -0.2) is 0 Å². The van der Waals surface area contributed by atoms with Crippen LogP contribution in [-0.2, 0) is 6.54 Å². The second kappa shape index (κ2) is 4.87. The third-order valence-corrected chi connectivity index (χ3v) is 2.62. The lowest BCUT2D eigenvalue weighted by Crippen LogP contribution is -2.02. The quantitative estimate of drug-likeness (QED) is 0.848. The molecule has 0 saturated heterocycles. The topological polar surface area (TPSA) is 45.1 Å². The fraction of sp³-hybridized carbons (Fsp3) is 0.214. The lowest BCUT2D eigenvalue weighted by molar-refractivity contribution is 0.474. The van der Waals surface area contributed by atoms with Crippen LogP contribution in [0, 0.1) is 13.8 Å². The summed E-state index contributed by atoms with van der Waals surface area (Å²) >= 11 is 0. The smallest absolute Gasteiger partial charge is 0.115 e. The molecule has 0 spiro atoms. The first-order valence-electron chi connectivity index (χ1n) is 5.61. The van der Waals surface area contributed by atoms with Gasteiger partial charge in [-0.05, 0) is 43.7 Å². The van der Waals surface area contributed by atoms with Gasteiger partial charge in [-0.2, -0.15) is 0 Å². The van der Waals surface area contributed by atoms with Crippen LogP contribution in [0.2, 0.25) is 0 Å². The molecule has 0 atom stereocenters. The minimum absolute atomic E-state index is 0.294. The predicted molar refractivity (Wildman–Crippen MR) is 69.1 cm³/mol. The highest BCUT2D eigenvalue weighted by Crippen LogP contribution is 2.16. The second-order valence-electron chi connectivity index (χ2n) is 4.11. The standard InChI is InChI=1S/C14H16N2O/c1-10-6-7-14(11(2)16-10)15-9-12-4-3-5-13(17)8-12/h3-8,15,17H,9H2,1-2H3. The number of phenolic OH excluding ortho intramolecular Hbond substituents is 1. The molecule has 0 aliphatic rings. The number of pyridine rings is 1. The Labute approximate surface area is 101 Å². The van der Waals surface area contributed by atoms with Crippen molar-refractivity contribution < 1.29 is 5.11 Å². The Balaban J connectivity index is 2.07. The molecule has 17 heavy (non-hydrogen) atoms. The SMILES string of the molecule is Cc1ccc(NCc2cccc(O)c2)c(C)n1. The van der Waals surface area contributed by atoms with Gasteiger partial charge >= 0.3 is 0 Å². The van der Waals surface area contributed by atoms with Gasteiger partial charge in [-0.1, -0.05) is 12.1 Å². The molecule has 0 bridgehead atoms. The Morgan fingerprint density at radius 1 is 1.18 bits per heavy atom. The molecule has 0 fully saturated rings. The van der Waals surface area contributed by atoms with E-state index in [0.717, 1.165) is 22.6 Å². The number of aromatic nitrogens is 1. The molecular formula is C14H16N2O. The molecule has 3 nitrogen and oxygen atoms in total. The summed E-state index contributed by atoms with van der Waals surface area (Å²) in [5.74, 6) is 0.294. The first-order valence-corrected chi connectivity index (χ1v) is 5.61. The van der Waals surface area contributed by atoms with Gasteiger partial charge in [-0.15, -0.1) is 0 Å². The number of benzene rings is 1. The molecule has 0 unspecified atom stereocenters. The van der Waals surface area contributed by atoms with Crippen LogP contribution in [0.25, 0.3) is 0 Å². The normalized spacial score (nSPS) is 10.2. The van der Waals surface area contributed by atoms with Crippen molar-refractivity contribution in [2.24, 2.45) is 0 Å². The number of aryl methyl sites for hydroxylation is 2. The van der Waals surface area contributed by atoms with E-state index in [0.29, 0.717) is 12.3 Å². The van der Waals surface area contributed by atoms with Crippen molar-refractivity contribution in [1.29, 1.82) is 0 Å². The van der Waals surface area contributed by atoms with E-state index in [4.69, 9.17) is 0 Å². The fourth-order valence-electron chi connectivity index (χ4n) is 1.74. The van der Waals surface area contributed by atoms with Crippen molar-refractivity contribution in [3.63, 3.8) is 0 Å². The number of hydrogen-bond donors (Lipinski definition) is 2. The zero-order valence-corrected chi connectivity index (χ0v) is 10.1. The lowest BCUT2D eigenvalue weighted by Gasteiger charge is -2.09. The van der Waals surface area contributed by atoms with Crippen LogP contribution in [0.1, 0.15) is 17.0 Å². The van der Waals surface area contributed by atoms with Crippen molar-refractivity contribution in [1.82, 2.24) is 4.98 Å². The summed E-state index contributed by atoms with van der Waals surface area (Å²) in [5, 5.41) is 12.7. The van der Waals surface area contributed by atoms with Crippen molar-refractivity contribution in [2.75, 3.05) is 5.32 Å². The highest BCUT2D eigenvalue weighted by molar-refractivity contribution is 5.48. The van der Waals surface area contributed by atoms with E-state index < -0.39 is 0 Å². The van der Waals surface area contributed by atoms with Crippen molar-refractivity contribution in [2.45, 2.75) is 20.4 Å². The van der Waals surface area contributed by atoms with Crippen LogP contribution in [0.4, 0.5) is 5.69 Å². The predicted octanol–water partition coefficient (Wildman–Crippen LogP) is 3.02. The van der Waals surface area contributed by atoms with Crippen LogP contribution in [0.3, 0.4) is 0 Å². The first kappa shape index (κ1) is 11.5. The van der Waals surface area contributed by atoms with Gasteiger partial charge in [0.05, 0.1) is 11.4 Å². The minimum atomic E-state index is 0.294. The summed E-state index contributed by atoms with van der Waals surface area (Å²) in [6, 6.07) is 11.3. The number of rotatable bonds is 3. The highest BCUT2D eigenvalue weighted by atomic mass is 16.3. The molecule has 0 aliphatic heterocycles. The molecule has 0 amide bonds. The summed E-state index contributed by atoms with van der Waals surface area (Å²) in [6.07, 6.45) is 0. The van der Waals surface area contributed by atoms with Gasteiger partial charge in [-0.3, -0.25) is 4.98 Å². The second-order valence-corrected chi connectivity index (χ2v) is 4.11. The summed E-state index contributed by atoms with van der Waals surface area (Å²) in [4.78, 5) is 4.39. The monoisotopic (exact) mass is 228 g/mol. The van der Waals surface area contributed by atoms with Gasteiger partial charge in [0.1, 0.15) is 5.75 Å². The Hall–Kier alpha value is -2.03. The molecule has 0 radical (unpaired) electrons. The van der Waals surface area contributed by atoms with E-state index in [2.05, 4.69) is 10.3 Å². The lowest BCUT2D eigenvalue weighted by atomic mass is 10.2. The molecule has 1 aromatic carbocycles. The maximum Gasteiger partial charge on any atom is 0.115 e. The molecule has 1 heterocycles. The highest BCUT2D eigenvalue weighted by Gasteiger charge is 2.00. The molecule has 3 heteroatoms. The number of phenols is 1. The molecule has 1 aromatic heterocycles. The number of anilines is 1. The molecule has 0 saturated carbocycles. The summed E-state index contributed by atoms with van der Waals surface area (Å²) in [6.45, 7) is 4.64. The van der Waals surface area contributed by atoms with Crippen LogP contribution in [0.15, 0.2) is 36.4 Å². The number of hydrogen-bond acceptors (Lipinski definition) is 3. The maximum atomic E-state index is 9.36. The van der Waals surface area contributed by atoms with E-state index in [1.807, 2.05) is 38.1 Å². The Morgan fingerprint density at radius 3 is 2.71 bits per heavy atom. The van der Waals surface area contributed by atoms with Crippen LogP contribution in [0.5, 0.6) is 5.75 Å². The van der Waals surface area contributed by atoms with Gasteiger partial charge < -0.3 is 10.4 Å². The molecule has 0 aliphatic carbocycles. The maximum absolute atomic E-state index is 9.36. The third-order valence-electron chi connectivity index (χ3n) is 2.62. The largest absolute Gasteiger partial charge is 0.508 e. The van der Waals surface area contributed by atoms with E-state index in [9.17, 15) is 5.11 Å². The van der Waals surface area contributed by atoms with E-state index in [1.54, 1.807) is 12.1 Å². The molecule has 2 aromatic rings. The van der Waals surface area contributed by atoms with E-state index >= 15 is 0 Å². The van der Waals surface area contributed by atoms with Gasteiger partial charge in [0.15, 0.2) is 0 Å². The Morgan fingerprint density at radius 2 is 2.00 bits per heavy atom. The molecule has 2 rings (SSSR count). The minimum Gasteiger partial charge on any atom is -0.508 e. The van der Waals surface area contributed by atoms with E-state index in [1.165, 1.54) is 0 Å². The summed E-state index contributed by atoms with van der Waals surface area (Å²) in [7, 11) is 0. The summed E-state index contributed by atoms with van der Waals surface area (Å²) < 4.78 is 0. The summed E-state index contributed by atoms with van der Waals surface area (Å²) in [5.41, 5.74) is 4.08. The van der Waals surface area contributed by atoms with Gasteiger partial charge in [0, 0.05) is 12.2 Å². The van der Waals surface area contributed by atoms with Crippen LogP contribution >= 0.6 is 0 Å². The zero-order valence-electron chi connectivity index (χ0n) is 10.1. The van der Waals surface area contributed by atoms with Gasteiger partial charge in [0.2, 0.25) is 0 Å². The first-order chi connectivity index (χ1) is 8.15. The third kappa shape index (κ3) is 2.97. The Kier molecular flexibility index (Phi) is 3.28. The van der Waals surface area contributed by atoms with Crippen LogP contribution < -0.4 is 5.32 Å². The molecular weight excluding hydrogens is 212 g/mol.